The maximum Gasteiger partial charge on any atom is 0.209 e. The molecule has 0 aliphatic carbocycles. The summed E-state index contributed by atoms with van der Waals surface area (Å²) < 4.78 is 5.21. The van der Waals surface area contributed by atoms with Gasteiger partial charge in [-0.15, -0.1) is 0 Å². The van der Waals surface area contributed by atoms with Crippen molar-refractivity contribution in [3.63, 3.8) is 0 Å². The van der Waals surface area contributed by atoms with Crippen molar-refractivity contribution in [2.75, 3.05) is 40.4 Å². The molecule has 0 aromatic rings. The summed E-state index contributed by atoms with van der Waals surface area (Å²) in [7, 11) is 3.38. The molecule has 1 heterocycles. The molecule has 0 unspecified atom stereocenters. The molecule has 0 spiro atoms. The third kappa shape index (κ3) is 6.86. The number of amides is 1. The quantitative estimate of drug-likeness (QED) is 0.609. The Bertz CT molecular complexity index is 143. The van der Waals surface area contributed by atoms with Crippen LogP contribution in [0.15, 0.2) is 0 Å². The van der Waals surface area contributed by atoms with Gasteiger partial charge in [0.2, 0.25) is 6.41 Å². The first-order valence-electron chi connectivity index (χ1n) is 5.01. The van der Waals surface area contributed by atoms with E-state index in [-0.39, 0.29) is 0 Å². The van der Waals surface area contributed by atoms with Gasteiger partial charge in [-0.2, -0.15) is 0 Å². The third-order valence-corrected chi connectivity index (χ3v) is 1.99. The van der Waals surface area contributed by atoms with Crippen molar-refractivity contribution in [2.45, 2.75) is 19.9 Å². The Labute approximate surface area is 86.8 Å². The minimum Gasteiger partial charge on any atom is -0.379 e. The summed E-state index contributed by atoms with van der Waals surface area (Å²) in [6, 6.07) is 0.689. The molecule has 0 bridgehead atoms. The van der Waals surface area contributed by atoms with Crippen LogP contribution in [0.5, 0.6) is 0 Å². The normalized spacial score (nSPS) is 17.2. The number of ether oxygens (including phenoxy) is 1. The number of rotatable bonds is 2. The third-order valence-electron chi connectivity index (χ3n) is 1.99. The van der Waals surface area contributed by atoms with Crippen LogP contribution >= 0.6 is 0 Å². The zero-order valence-electron chi connectivity index (χ0n) is 9.69. The van der Waals surface area contributed by atoms with Gasteiger partial charge in [0.15, 0.2) is 0 Å². The predicted octanol–water partition coefficient (Wildman–Crippen LogP) is 0.431. The molecule has 0 N–H and O–H groups in total. The summed E-state index contributed by atoms with van der Waals surface area (Å²) in [5.41, 5.74) is 0. The SMILES string of the molecule is CC(C)N1CCOCC1.CN(C)C=O. The van der Waals surface area contributed by atoms with E-state index in [9.17, 15) is 4.79 Å². The molecule has 0 saturated carbocycles. The highest BCUT2D eigenvalue weighted by Crippen LogP contribution is 2.01. The first-order valence-corrected chi connectivity index (χ1v) is 5.01. The van der Waals surface area contributed by atoms with E-state index in [4.69, 9.17) is 4.74 Å². The highest BCUT2D eigenvalue weighted by atomic mass is 16.5. The lowest BCUT2D eigenvalue weighted by Crippen LogP contribution is -2.40. The summed E-state index contributed by atoms with van der Waals surface area (Å²) in [6.07, 6.45) is 0.750. The van der Waals surface area contributed by atoms with Gasteiger partial charge < -0.3 is 9.64 Å². The van der Waals surface area contributed by atoms with Crippen LogP contribution in [0.25, 0.3) is 0 Å². The number of carbonyl (C=O) groups is 1. The van der Waals surface area contributed by atoms with Crippen molar-refractivity contribution in [3.05, 3.63) is 0 Å². The molecule has 84 valence electrons. The van der Waals surface area contributed by atoms with Crippen LogP contribution in [0.3, 0.4) is 0 Å². The molecule has 0 atom stereocenters. The molecule has 0 radical (unpaired) electrons. The Balaban J connectivity index is 0.000000292. The molecule has 1 saturated heterocycles. The Morgan fingerprint density at radius 2 is 1.71 bits per heavy atom. The second-order valence-corrected chi connectivity index (χ2v) is 3.81. The van der Waals surface area contributed by atoms with E-state index >= 15 is 0 Å². The van der Waals surface area contributed by atoms with E-state index in [1.807, 2.05) is 0 Å². The van der Waals surface area contributed by atoms with Crippen molar-refractivity contribution in [1.82, 2.24) is 9.80 Å². The van der Waals surface area contributed by atoms with Gasteiger partial charge in [0.1, 0.15) is 0 Å². The number of morpholine rings is 1. The number of hydrogen-bond donors (Lipinski definition) is 0. The maximum atomic E-state index is 9.43. The molecular weight excluding hydrogens is 180 g/mol. The van der Waals surface area contributed by atoms with Crippen LogP contribution in [0.4, 0.5) is 0 Å². The fraction of sp³-hybridized carbons (Fsp3) is 0.900. The first-order chi connectivity index (χ1) is 6.57. The smallest absolute Gasteiger partial charge is 0.209 e. The fourth-order valence-corrected chi connectivity index (χ4v) is 1.09. The van der Waals surface area contributed by atoms with Gasteiger partial charge in [-0.3, -0.25) is 9.69 Å². The largest absolute Gasteiger partial charge is 0.379 e. The van der Waals surface area contributed by atoms with Crippen molar-refractivity contribution in [2.24, 2.45) is 0 Å². The average molecular weight is 202 g/mol. The topological polar surface area (TPSA) is 32.8 Å². The molecule has 1 aliphatic heterocycles. The van der Waals surface area contributed by atoms with E-state index in [0.29, 0.717) is 6.04 Å². The molecule has 4 heteroatoms. The summed E-state index contributed by atoms with van der Waals surface area (Å²) in [5.74, 6) is 0. The van der Waals surface area contributed by atoms with Crippen LogP contribution in [0, 0.1) is 0 Å². The van der Waals surface area contributed by atoms with E-state index in [1.165, 1.54) is 4.90 Å². The van der Waals surface area contributed by atoms with Crippen molar-refractivity contribution < 1.29 is 9.53 Å². The summed E-state index contributed by atoms with van der Waals surface area (Å²) in [5, 5.41) is 0. The van der Waals surface area contributed by atoms with Crippen LogP contribution in [-0.2, 0) is 9.53 Å². The van der Waals surface area contributed by atoms with Gasteiger partial charge in [-0.25, -0.2) is 0 Å². The zero-order valence-corrected chi connectivity index (χ0v) is 9.69. The summed E-state index contributed by atoms with van der Waals surface area (Å²) in [4.78, 5) is 13.3. The molecule has 4 nitrogen and oxygen atoms in total. The lowest BCUT2D eigenvalue weighted by Gasteiger charge is -2.29. The highest BCUT2D eigenvalue weighted by molar-refractivity contribution is 5.45. The molecular formula is C10H22N2O2. The van der Waals surface area contributed by atoms with Gasteiger partial charge in [-0.1, -0.05) is 0 Å². The minimum atomic E-state index is 0.689. The van der Waals surface area contributed by atoms with Crippen LogP contribution in [-0.4, -0.2) is 62.7 Å². The van der Waals surface area contributed by atoms with Crippen molar-refractivity contribution in [3.8, 4) is 0 Å². The van der Waals surface area contributed by atoms with Crippen LogP contribution < -0.4 is 0 Å². The summed E-state index contributed by atoms with van der Waals surface area (Å²) >= 11 is 0. The van der Waals surface area contributed by atoms with Gasteiger partial charge in [0, 0.05) is 33.2 Å². The average Bonchev–Trinajstić information content (AvgIpc) is 2.20. The predicted molar refractivity (Wildman–Crippen MR) is 57.3 cm³/mol. The van der Waals surface area contributed by atoms with Crippen molar-refractivity contribution in [1.29, 1.82) is 0 Å². The second kappa shape index (κ2) is 7.76. The molecule has 0 aromatic heterocycles. The second-order valence-electron chi connectivity index (χ2n) is 3.81. The van der Waals surface area contributed by atoms with Crippen LogP contribution in [0.1, 0.15) is 13.8 Å². The van der Waals surface area contributed by atoms with Gasteiger partial charge in [-0.05, 0) is 13.8 Å². The molecule has 1 amide bonds. The van der Waals surface area contributed by atoms with Crippen LogP contribution in [0.2, 0.25) is 0 Å². The molecule has 14 heavy (non-hydrogen) atoms. The minimum absolute atomic E-state index is 0.689. The number of carbonyl (C=O) groups excluding carboxylic acids is 1. The number of nitrogens with zero attached hydrogens (tertiary/aromatic N) is 2. The monoisotopic (exact) mass is 202 g/mol. The number of hydrogen-bond acceptors (Lipinski definition) is 3. The molecule has 1 fully saturated rings. The molecule has 1 rings (SSSR count). The first kappa shape index (κ1) is 13.4. The Morgan fingerprint density at radius 3 is 1.93 bits per heavy atom. The van der Waals surface area contributed by atoms with Crippen molar-refractivity contribution >= 4 is 6.41 Å². The highest BCUT2D eigenvalue weighted by Gasteiger charge is 2.11. The van der Waals surface area contributed by atoms with Gasteiger partial charge >= 0.3 is 0 Å². The lowest BCUT2D eigenvalue weighted by molar-refractivity contribution is -0.115. The lowest BCUT2D eigenvalue weighted by atomic mass is 10.3. The zero-order chi connectivity index (χ0) is 11.0. The van der Waals surface area contributed by atoms with E-state index in [0.717, 1.165) is 32.7 Å². The molecule has 1 aliphatic rings. The maximum absolute atomic E-state index is 9.43. The van der Waals surface area contributed by atoms with E-state index in [1.54, 1.807) is 14.1 Å². The molecule has 0 aromatic carbocycles. The van der Waals surface area contributed by atoms with E-state index in [2.05, 4.69) is 18.7 Å². The fourth-order valence-electron chi connectivity index (χ4n) is 1.09. The van der Waals surface area contributed by atoms with E-state index < -0.39 is 0 Å². The van der Waals surface area contributed by atoms with Gasteiger partial charge in [0.05, 0.1) is 13.2 Å². The standard InChI is InChI=1S/C7H15NO.C3H7NO/c1-7(2)8-3-5-9-6-4-8;1-4(2)3-5/h7H,3-6H2,1-2H3;3H,1-2H3. The Hall–Kier alpha value is -0.610. The Kier molecular flexibility index (Phi) is 7.42. The Morgan fingerprint density at radius 1 is 1.29 bits per heavy atom. The summed E-state index contributed by atoms with van der Waals surface area (Å²) in [6.45, 7) is 8.50. The van der Waals surface area contributed by atoms with Gasteiger partial charge in [0.25, 0.3) is 0 Å².